The number of benzene rings is 1. The van der Waals surface area contributed by atoms with Crippen LogP contribution in [0.15, 0.2) is 47.6 Å². The van der Waals surface area contributed by atoms with E-state index in [0.29, 0.717) is 11.3 Å². The van der Waals surface area contributed by atoms with Gasteiger partial charge in [0.25, 0.3) is 0 Å². The molecular weight excluding hydrogens is 258 g/mol. The first-order valence-corrected chi connectivity index (χ1v) is 6.93. The van der Waals surface area contributed by atoms with E-state index in [2.05, 4.69) is 17.1 Å². The summed E-state index contributed by atoms with van der Waals surface area (Å²) in [5, 5.41) is -0.0497. The summed E-state index contributed by atoms with van der Waals surface area (Å²) in [6.07, 6.45) is 4.00. The highest BCUT2D eigenvalue weighted by Gasteiger charge is 2.28. The molecule has 1 atom stereocenters. The largest absolute Gasteiger partial charge is 0.495 e. The van der Waals surface area contributed by atoms with Gasteiger partial charge in [-0.3, -0.25) is 9.78 Å². The van der Waals surface area contributed by atoms with Crippen molar-refractivity contribution in [1.82, 2.24) is 4.98 Å². The van der Waals surface area contributed by atoms with Gasteiger partial charge in [0.2, 0.25) is 0 Å². The molecule has 0 aliphatic carbocycles. The molecule has 0 spiro atoms. The minimum Gasteiger partial charge on any atom is -0.495 e. The molecule has 19 heavy (non-hydrogen) atoms. The number of fused-ring (bicyclic) bond motifs is 1. The Balaban J connectivity index is 1.83. The molecule has 1 aliphatic rings. The number of hydrogen-bond acceptors (Lipinski definition) is 4. The third-order valence-electron chi connectivity index (χ3n) is 3.17. The van der Waals surface area contributed by atoms with Crippen LogP contribution in [0.5, 0.6) is 5.75 Å². The monoisotopic (exact) mass is 271 g/mol. The zero-order chi connectivity index (χ0) is 13.2. The highest BCUT2D eigenvalue weighted by molar-refractivity contribution is 8.01. The summed E-state index contributed by atoms with van der Waals surface area (Å²) in [7, 11) is 1.57. The molecule has 2 aromatic rings. The van der Waals surface area contributed by atoms with Gasteiger partial charge >= 0.3 is 0 Å². The molecule has 1 aliphatic heterocycles. The molecule has 96 valence electrons. The van der Waals surface area contributed by atoms with Crippen molar-refractivity contribution < 1.29 is 9.53 Å². The van der Waals surface area contributed by atoms with Crippen molar-refractivity contribution in [3.63, 3.8) is 0 Å². The van der Waals surface area contributed by atoms with Gasteiger partial charge < -0.3 is 4.74 Å². The fraction of sp³-hybridized carbons (Fsp3) is 0.200. The van der Waals surface area contributed by atoms with Gasteiger partial charge in [-0.15, -0.1) is 11.8 Å². The molecule has 0 bridgehead atoms. The predicted molar refractivity (Wildman–Crippen MR) is 74.9 cm³/mol. The van der Waals surface area contributed by atoms with Gasteiger partial charge in [0, 0.05) is 16.7 Å². The van der Waals surface area contributed by atoms with Crippen LogP contribution in [0.25, 0.3) is 0 Å². The van der Waals surface area contributed by atoms with Gasteiger partial charge in [-0.05, 0) is 24.1 Å². The summed E-state index contributed by atoms with van der Waals surface area (Å²) in [6, 6.07) is 9.92. The van der Waals surface area contributed by atoms with Crippen LogP contribution >= 0.6 is 11.8 Å². The Bertz CT molecular complexity index is 602. The molecule has 0 saturated carbocycles. The van der Waals surface area contributed by atoms with E-state index in [1.54, 1.807) is 37.3 Å². The Morgan fingerprint density at radius 3 is 3.00 bits per heavy atom. The lowest BCUT2D eigenvalue weighted by Gasteiger charge is -2.08. The number of Topliss-reactive ketones (excluding diaryl/α,β-unsaturated/α-hetero) is 1. The standard InChI is InChI=1S/C15H13NO2S/c1-18-12-6-11(8-16-9-12)15(17)14-7-10-4-2-3-5-13(10)19-14/h2-6,8-9,14H,7H2,1H3. The number of nitrogens with zero attached hydrogens (tertiary/aromatic N) is 1. The summed E-state index contributed by atoms with van der Waals surface area (Å²) in [4.78, 5) is 17.7. The van der Waals surface area contributed by atoms with Crippen molar-refractivity contribution in [1.29, 1.82) is 0 Å². The van der Waals surface area contributed by atoms with Crippen molar-refractivity contribution in [3.05, 3.63) is 53.9 Å². The summed E-state index contributed by atoms with van der Waals surface area (Å²) < 4.78 is 5.11. The minimum atomic E-state index is -0.0497. The predicted octanol–water partition coefficient (Wildman–Crippen LogP) is 2.99. The number of ether oxygens (including phenoxy) is 1. The Morgan fingerprint density at radius 2 is 2.21 bits per heavy atom. The maximum Gasteiger partial charge on any atom is 0.178 e. The molecule has 1 aromatic heterocycles. The molecule has 0 N–H and O–H groups in total. The first-order chi connectivity index (χ1) is 9.28. The zero-order valence-electron chi connectivity index (χ0n) is 10.5. The SMILES string of the molecule is COc1cncc(C(=O)C2Cc3ccccc3S2)c1. The third-order valence-corrected chi connectivity index (χ3v) is 4.49. The number of carbonyl (C=O) groups excluding carboxylic acids is 1. The second-order valence-corrected chi connectivity index (χ2v) is 5.64. The Labute approximate surface area is 116 Å². The average Bonchev–Trinajstić information content (AvgIpc) is 2.90. The highest BCUT2D eigenvalue weighted by Crippen LogP contribution is 2.38. The van der Waals surface area contributed by atoms with Gasteiger partial charge in [-0.1, -0.05) is 18.2 Å². The topological polar surface area (TPSA) is 39.2 Å². The van der Waals surface area contributed by atoms with Crippen LogP contribution in [0.2, 0.25) is 0 Å². The molecule has 2 heterocycles. The van der Waals surface area contributed by atoms with Gasteiger partial charge in [0.15, 0.2) is 5.78 Å². The molecule has 3 nitrogen and oxygen atoms in total. The fourth-order valence-corrected chi connectivity index (χ4v) is 3.45. The molecule has 1 unspecified atom stereocenters. The van der Waals surface area contributed by atoms with Crippen molar-refractivity contribution in [2.24, 2.45) is 0 Å². The smallest absolute Gasteiger partial charge is 0.178 e. The summed E-state index contributed by atoms with van der Waals surface area (Å²) in [5.74, 6) is 0.735. The molecular formula is C15H13NO2S. The van der Waals surface area contributed by atoms with E-state index in [1.165, 1.54) is 10.5 Å². The summed E-state index contributed by atoms with van der Waals surface area (Å²) in [5.41, 5.74) is 1.87. The quantitative estimate of drug-likeness (QED) is 0.805. The lowest BCUT2D eigenvalue weighted by Crippen LogP contribution is -2.16. The van der Waals surface area contributed by atoms with E-state index in [-0.39, 0.29) is 11.0 Å². The molecule has 1 aromatic carbocycles. The molecule has 0 amide bonds. The Hall–Kier alpha value is -1.81. The van der Waals surface area contributed by atoms with Crippen LogP contribution in [0.1, 0.15) is 15.9 Å². The van der Waals surface area contributed by atoms with Gasteiger partial charge in [0.05, 0.1) is 18.6 Å². The summed E-state index contributed by atoms with van der Waals surface area (Å²) in [6.45, 7) is 0. The van der Waals surface area contributed by atoms with Gasteiger partial charge in [0.1, 0.15) is 5.75 Å². The van der Waals surface area contributed by atoms with Crippen molar-refractivity contribution >= 4 is 17.5 Å². The molecule has 0 fully saturated rings. The average molecular weight is 271 g/mol. The minimum absolute atomic E-state index is 0.0497. The molecule has 4 heteroatoms. The molecule has 3 rings (SSSR count). The van der Waals surface area contributed by atoms with E-state index in [4.69, 9.17) is 4.74 Å². The Kier molecular flexibility index (Phi) is 3.25. The maximum absolute atomic E-state index is 12.5. The lowest BCUT2D eigenvalue weighted by atomic mass is 10.0. The second kappa shape index (κ2) is 5.05. The number of methoxy groups -OCH3 is 1. The number of ketones is 1. The van der Waals surface area contributed by atoms with Crippen LogP contribution in [0, 0.1) is 0 Å². The van der Waals surface area contributed by atoms with Crippen LogP contribution in [0.3, 0.4) is 0 Å². The first kappa shape index (κ1) is 12.2. The van der Waals surface area contributed by atoms with E-state index >= 15 is 0 Å². The van der Waals surface area contributed by atoms with E-state index in [9.17, 15) is 4.79 Å². The number of carbonyl (C=O) groups is 1. The Morgan fingerprint density at radius 1 is 1.37 bits per heavy atom. The number of thioether (sulfide) groups is 1. The van der Waals surface area contributed by atoms with E-state index in [0.717, 1.165) is 6.42 Å². The van der Waals surface area contributed by atoms with Crippen LogP contribution in [0.4, 0.5) is 0 Å². The molecule has 0 saturated heterocycles. The fourth-order valence-electron chi connectivity index (χ4n) is 2.18. The second-order valence-electron chi connectivity index (χ2n) is 4.40. The third kappa shape index (κ3) is 2.36. The van der Waals surface area contributed by atoms with Gasteiger partial charge in [-0.2, -0.15) is 0 Å². The van der Waals surface area contributed by atoms with Crippen molar-refractivity contribution in [2.45, 2.75) is 16.6 Å². The lowest BCUT2D eigenvalue weighted by molar-refractivity contribution is 0.0989. The van der Waals surface area contributed by atoms with E-state index < -0.39 is 0 Å². The highest BCUT2D eigenvalue weighted by atomic mass is 32.2. The van der Waals surface area contributed by atoms with E-state index in [1.807, 2.05) is 12.1 Å². The number of aromatic nitrogens is 1. The zero-order valence-corrected chi connectivity index (χ0v) is 11.3. The summed E-state index contributed by atoms with van der Waals surface area (Å²) >= 11 is 1.63. The molecule has 0 radical (unpaired) electrons. The normalized spacial score (nSPS) is 17.0. The number of hydrogen-bond donors (Lipinski definition) is 0. The van der Waals surface area contributed by atoms with Gasteiger partial charge in [-0.25, -0.2) is 0 Å². The maximum atomic E-state index is 12.5. The first-order valence-electron chi connectivity index (χ1n) is 6.06. The van der Waals surface area contributed by atoms with Crippen LogP contribution in [-0.4, -0.2) is 23.1 Å². The van der Waals surface area contributed by atoms with Crippen molar-refractivity contribution in [2.75, 3.05) is 7.11 Å². The van der Waals surface area contributed by atoms with Crippen LogP contribution in [-0.2, 0) is 6.42 Å². The number of pyridine rings is 1. The van der Waals surface area contributed by atoms with Crippen LogP contribution < -0.4 is 4.74 Å². The number of rotatable bonds is 3. The van der Waals surface area contributed by atoms with Crippen molar-refractivity contribution in [3.8, 4) is 5.75 Å².